The molecular formula is C13H11NO4. The molecule has 0 bridgehead atoms. The Hall–Kier alpha value is -2.48. The number of nitrogens with zero attached hydrogens (tertiary/aromatic N) is 1. The summed E-state index contributed by atoms with van der Waals surface area (Å²) in [5.41, 5.74) is 0.206. The summed E-state index contributed by atoms with van der Waals surface area (Å²) in [7, 11) is 0. The van der Waals surface area contributed by atoms with Crippen molar-refractivity contribution < 1.29 is 19.8 Å². The highest BCUT2D eigenvalue weighted by molar-refractivity contribution is 5.99. The van der Waals surface area contributed by atoms with E-state index in [1.165, 1.54) is 23.1 Å². The van der Waals surface area contributed by atoms with E-state index >= 15 is 0 Å². The van der Waals surface area contributed by atoms with Gasteiger partial charge in [0, 0.05) is 18.9 Å². The molecule has 18 heavy (non-hydrogen) atoms. The van der Waals surface area contributed by atoms with Crippen LogP contribution in [0.25, 0.3) is 0 Å². The lowest BCUT2D eigenvalue weighted by molar-refractivity contribution is -0.117. The number of terminal acetylenes is 1. The highest BCUT2D eigenvalue weighted by Gasteiger charge is 2.31. The van der Waals surface area contributed by atoms with Crippen LogP contribution in [-0.2, 0) is 4.79 Å². The van der Waals surface area contributed by atoms with Gasteiger partial charge >= 0.3 is 5.97 Å². The molecule has 0 aliphatic carbocycles. The second-order valence-corrected chi connectivity index (χ2v) is 4.08. The number of benzene rings is 1. The highest BCUT2D eigenvalue weighted by Crippen LogP contribution is 2.33. The van der Waals surface area contributed by atoms with Gasteiger partial charge in [0.1, 0.15) is 5.75 Å². The maximum Gasteiger partial charge on any atom is 0.335 e. The zero-order valence-corrected chi connectivity index (χ0v) is 9.46. The molecule has 1 aliphatic heterocycles. The Morgan fingerprint density at radius 1 is 1.50 bits per heavy atom. The van der Waals surface area contributed by atoms with Crippen LogP contribution >= 0.6 is 0 Å². The molecular weight excluding hydrogens is 234 g/mol. The molecule has 1 saturated heterocycles. The monoisotopic (exact) mass is 245 g/mol. The second-order valence-electron chi connectivity index (χ2n) is 4.08. The van der Waals surface area contributed by atoms with E-state index in [2.05, 4.69) is 5.92 Å². The fourth-order valence-electron chi connectivity index (χ4n) is 1.92. The fraction of sp³-hybridized carbons (Fsp3) is 0.231. The lowest BCUT2D eigenvalue weighted by Gasteiger charge is -2.17. The van der Waals surface area contributed by atoms with Crippen LogP contribution in [0.4, 0.5) is 5.69 Å². The van der Waals surface area contributed by atoms with E-state index in [-0.39, 0.29) is 35.2 Å². The molecule has 1 unspecified atom stereocenters. The van der Waals surface area contributed by atoms with E-state index in [0.29, 0.717) is 6.54 Å². The molecule has 5 nitrogen and oxygen atoms in total. The van der Waals surface area contributed by atoms with Gasteiger partial charge in [0.25, 0.3) is 0 Å². The number of rotatable bonds is 2. The molecule has 0 spiro atoms. The predicted octanol–water partition coefficient (Wildman–Crippen LogP) is 1.08. The number of carbonyl (C=O) groups is 2. The molecule has 0 saturated carbocycles. The minimum atomic E-state index is -1.11. The van der Waals surface area contributed by atoms with Crippen LogP contribution in [0.3, 0.4) is 0 Å². The number of phenolic OH excluding ortho intramolecular Hbond substituents is 1. The molecule has 0 radical (unpaired) electrons. The molecule has 2 N–H and O–H groups in total. The first-order valence-corrected chi connectivity index (χ1v) is 5.35. The van der Waals surface area contributed by atoms with Crippen LogP contribution in [0, 0.1) is 18.3 Å². The van der Waals surface area contributed by atoms with Gasteiger partial charge in [0.05, 0.1) is 11.3 Å². The van der Waals surface area contributed by atoms with E-state index in [1.807, 2.05) is 0 Å². The molecule has 0 aromatic heterocycles. The minimum Gasteiger partial charge on any atom is -0.506 e. The van der Waals surface area contributed by atoms with Crippen molar-refractivity contribution in [2.75, 3.05) is 11.4 Å². The number of carboxylic acids is 1. The quantitative estimate of drug-likeness (QED) is 0.764. The van der Waals surface area contributed by atoms with Gasteiger partial charge in [-0.25, -0.2) is 4.79 Å². The first kappa shape index (κ1) is 12.0. The Morgan fingerprint density at radius 2 is 2.22 bits per heavy atom. The number of hydrogen-bond donors (Lipinski definition) is 2. The Morgan fingerprint density at radius 3 is 2.78 bits per heavy atom. The van der Waals surface area contributed by atoms with Crippen LogP contribution < -0.4 is 4.90 Å². The van der Waals surface area contributed by atoms with Crippen LogP contribution in [0.5, 0.6) is 5.75 Å². The van der Waals surface area contributed by atoms with Gasteiger partial charge in [0.2, 0.25) is 5.91 Å². The molecule has 1 amide bonds. The summed E-state index contributed by atoms with van der Waals surface area (Å²) in [5.74, 6) is 0.827. The molecule has 1 atom stereocenters. The van der Waals surface area contributed by atoms with E-state index in [0.717, 1.165) is 0 Å². The summed E-state index contributed by atoms with van der Waals surface area (Å²) in [5, 5.41) is 18.6. The van der Waals surface area contributed by atoms with Crippen molar-refractivity contribution in [1.82, 2.24) is 0 Å². The molecule has 5 heteroatoms. The van der Waals surface area contributed by atoms with Crippen molar-refractivity contribution in [3.63, 3.8) is 0 Å². The van der Waals surface area contributed by atoms with Crippen molar-refractivity contribution in [1.29, 1.82) is 0 Å². The Bertz CT molecular complexity index is 559. The number of carbonyl (C=O) groups excluding carboxylic acids is 1. The van der Waals surface area contributed by atoms with Crippen molar-refractivity contribution >= 4 is 17.6 Å². The van der Waals surface area contributed by atoms with Crippen molar-refractivity contribution in [3.05, 3.63) is 23.8 Å². The van der Waals surface area contributed by atoms with Crippen molar-refractivity contribution in [3.8, 4) is 18.1 Å². The lowest BCUT2D eigenvalue weighted by atomic mass is 10.1. The molecule has 92 valence electrons. The topological polar surface area (TPSA) is 77.8 Å². The summed E-state index contributed by atoms with van der Waals surface area (Å²) < 4.78 is 0. The smallest absolute Gasteiger partial charge is 0.335 e. The summed E-state index contributed by atoms with van der Waals surface area (Å²) in [6, 6.07) is 3.81. The predicted molar refractivity (Wildman–Crippen MR) is 64.4 cm³/mol. The van der Waals surface area contributed by atoms with Gasteiger partial charge in [-0.05, 0) is 18.2 Å². The first-order valence-electron chi connectivity index (χ1n) is 5.35. The van der Waals surface area contributed by atoms with Gasteiger partial charge < -0.3 is 15.1 Å². The molecule has 1 heterocycles. The Labute approximate surface area is 104 Å². The molecule has 2 rings (SSSR count). The van der Waals surface area contributed by atoms with Gasteiger partial charge in [-0.1, -0.05) is 0 Å². The summed E-state index contributed by atoms with van der Waals surface area (Å²) in [4.78, 5) is 23.9. The lowest BCUT2D eigenvalue weighted by Crippen LogP contribution is -2.24. The average molecular weight is 245 g/mol. The molecule has 1 fully saturated rings. The van der Waals surface area contributed by atoms with Gasteiger partial charge in [-0.2, -0.15) is 0 Å². The number of phenols is 1. The van der Waals surface area contributed by atoms with Crippen molar-refractivity contribution in [2.45, 2.75) is 6.42 Å². The standard InChI is InChI=1S/C13H11NO4/c1-2-8-5-12(16)14(7-8)10-6-9(13(17)18)3-4-11(10)15/h1,3-4,6,8,15H,5,7H2,(H,17,18). The largest absolute Gasteiger partial charge is 0.506 e. The third-order valence-corrected chi connectivity index (χ3v) is 2.87. The third-order valence-electron chi connectivity index (χ3n) is 2.87. The van der Waals surface area contributed by atoms with Crippen LogP contribution in [-0.4, -0.2) is 28.6 Å². The fourth-order valence-corrected chi connectivity index (χ4v) is 1.92. The number of anilines is 1. The number of aromatic hydroxyl groups is 1. The molecule has 1 aliphatic rings. The van der Waals surface area contributed by atoms with E-state index in [4.69, 9.17) is 11.5 Å². The highest BCUT2D eigenvalue weighted by atomic mass is 16.4. The SMILES string of the molecule is C#CC1CC(=O)N(c2cc(C(=O)O)ccc2O)C1. The van der Waals surface area contributed by atoms with Gasteiger partial charge in [0.15, 0.2) is 0 Å². The van der Waals surface area contributed by atoms with E-state index < -0.39 is 5.97 Å². The summed E-state index contributed by atoms with van der Waals surface area (Å²) in [6.07, 6.45) is 5.48. The van der Waals surface area contributed by atoms with Crippen LogP contribution in [0.2, 0.25) is 0 Å². The number of carboxylic acid groups (broad SMARTS) is 1. The van der Waals surface area contributed by atoms with Crippen LogP contribution in [0.15, 0.2) is 18.2 Å². The first-order chi connectivity index (χ1) is 8.52. The average Bonchev–Trinajstić information content (AvgIpc) is 2.71. The second kappa shape index (κ2) is 4.41. The summed E-state index contributed by atoms with van der Waals surface area (Å²) >= 11 is 0. The van der Waals surface area contributed by atoms with Crippen molar-refractivity contribution in [2.24, 2.45) is 5.92 Å². The normalized spacial score (nSPS) is 18.7. The molecule has 1 aromatic carbocycles. The maximum absolute atomic E-state index is 11.7. The zero-order chi connectivity index (χ0) is 13.3. The van der Waals surface area contributed by atoms with E-state index in [9.17, 15) is 14.7 Å². The molecule has 1 aromatic rings. The number of hydrogen-bond acceptors (Lipinski definition) is 3. The van der Waals surface area contributed by atoms with Gasteiger partial charge in [-0.15, -0.1) is 12.3 Å². The zero-order valence-electron chi connectivity index (χ0n) is 9.46. The van der Waals surface area contributed by atoms with E-state index in [1.54, 1.807) is 0 Å². The minimum absolute atomic E-state index is 0.0137. The summed E-state index contributed by atoms with van der Waals surface area (Å²) in [6.45, 7) is 0.298. The Kier molecular flexibility index (Phi) is 2.94. The Balaban J connectivity index is 2.39. The number of aromatic carboxylic acids is 1. The van der Waals surface area contributed by atoms with Crippen LogP contribution in [0.1, 0.15) is 16.8 Å². The maximum atomic E-state index is 11.7. The third kappa shape index (κ3) is 2.00. The number of amides is 1. The van der Waals surface area contributed by atoms with Gasteiger partial charge in [-0.3, -0.25) is 4.79 Å².